The topological polar surface area (TPSA) is 52.0 Å². The molecule has 0 atom stereocenters. The third-order valence-electron chi connectivity index (χ3n) is 5.38. The number of hydrogen-bond donors (Lipinski definition) is 0. The molecule has 0 N–H and O–H groups in total. The molecule has 2 aromatic heterocycles. The van der Waals surface area contributed by atoms with Crippen molar-refractivity contribution in [3.63, 3.8) is 0 Å². The lowest BCUT2D eigenvalue weighted by atomic mass is 10.0. The zero-order valence-corrected chi connectivity index (χ0v) is 18.6. The van der Waals surface area contributed by atoms with Crippen molar-refractivity contribution < 1.29 is 9.18 Å². The standard InChI is InChI=1S/C25H23FN2O2S/c1-4-8-21-27-24-23(22(16(3)31-24)17-9-6-5-7-10-17)25(30)28(21)14-20(29)18-11-12-19(26)15(2)13-18/h5-7,9-13H,4,8,14H2,1-3H3. The molecule has 0 spiro atoms. The minimum Gasteiger partial charge on any atom is -0.292 e. The molecule has 0 radical (unpaired) electrons. The summed E-state index contributed by atoms with van der Waals surface area (Å²) in [6.45, 7) is 5.51. The van der Waals surface area contributed by atoms with Crippen molar-refractivity contribution in [2.75, 3.05) is 0 Å². The molecule has 0 amide bonds. The van der Waals surface area contributed by atoms with E-state index in [2.05, 4.69) is 0 Å². The monoisotopic (exact) mass is 434 g/mol. The van der Waals surface area contributed by atoms with E-state index in [1.807, 2.05) is 44.2 Å². The number of rotatable bonds is 6. The number of aromatic nitrogens is 2. The van der Waals surface area contributed by atoms with Crippen molar-refractivity contribution in [3.05, 3.63) is 86.5 Å². The van der Waals surface area contributed by atoms with Crippen LogP contribution < -0.4 is 5.56 Å². The van der Waals surface area contributed by atoms with Crippen LogP contribution >= 0.6 is 11.3 Å². The van der Waals surface area contributed by atoms with Crippen LogP contribution in [-0.4, -0.2) is 15.3 Å². The van der Waals surface area contributed by atoms with Crippen molar-refractivity contribution in [2.45, 2.75) is 40.2 Å². The van der Waals surface area contributed by atoms with E-state index in [1.165, 1.54) is 34.1 Å². The van der Waals surface area contributed by atoms with E-state index in [0.29, 0.717) is 33.6 Å². The number of ketones is 1. The number of nitrogens with zero attached hydrogens (tertiary/aromatic N) is 2. The van der Waals surface area contributed by atoms with Gasteiger partial charge >= 0.3 is 0 Å². The molecule has 31 heavy (non-hydrogen) atoms. The van der Waals surface area contributed by atoms with E-state index in [-0.39, 0.29) is 23.7 Å². The summed E-state index contributed by atoms with van der Waals surface area (Å²) in [6.07, 6.45) is 1.40. The molecule has 0 aliphatic rings. The molecule has 4 nitrogen and oxygen atoms in total. The van der Waals surface area contributed by atoms with Gasteiger partial charge in [0.25, 0.3) is 5.56 Å². The van der Waals surface area contributed by atoms with Crippen molar-refractivity contribution in [2.24, 2.45) is 0 Å². The molecule has 0 fully saturated rings. The maximum atomic E-state index is 13.6. The van der Waals surface area contributed by atoms with Gasteiger partial charge in [0.1, 0.15) is 16.5 Å². The number of hydrogen-bond acceptors (Lipinski definition) is 4. The molecule has 0 bridgehead atoms. The van der Waals surface area contributed by atoms with Gasteiger partial charge in [-0.1, -0.05) is 37.3 Å². The molecule has 6 heteroatoms. The summed E-state index contributed by atoms with van der Waals surface area (Å²) < 4.78 is 15.1. The van der Waals surface area contributed by atoms with Gasteiger partial charge in [-0.15, -0.1) is 11.3 Å². The lowest BCUT2D eigenvalue weighted by Gasteiger charge is -2.12. The number of aryl methyl sites for hydroxylation is 3. The number of Topliss-reactive ketones (excluding diaryl/α,β-unsaturated/α-hetero) is 1. The maximum Gasteiger partial charge on any atom is 0.263 e. The quantitative estimate of drug-likeness (QED) is 0.365. The van der Waals surface area contributed by atoms with Crippen LogP contribution in [0.25, 0.3) is 21.3 Å². The Kier molecular flexibility index (Phi) is 5.83. The fourth-order valence-electron chi connectivity index (χ4n) is 3.82. The molecular formula is C25H23FN2O2S. The average molecular weight is 435 g/mol. The van der Waals surface area contributed by atoms with E-state index < -0.39 is 0 Å². The molecule has 0 saturated carbocycles. The van der Waals surface area contributed by atoms with E-state index in [4.69, 9.17) is 4.98 Å². The normalized spacial score (nSPS) is 11.2. The van der Waals surface area contributed by atoms with E-state index in [0.717, 1.165) is 22.4 Å². The highest BCUT2D eigenvalue weighted by molar-refractivity contribution is 7.19. The Morgan fingerprint density at radius 3 is 2.55 bits per heavy atom. The molecule has 4 rings (SSSR count). The van der Waals surface area contributed by atoms with Gasteiger partial charge < -0.3 is 0 Å². The number of fused-ring (bicyclic) bond motifs is 1. The summed E-state index contributed by atoms with van der Waals surface area (Å²) in [5.41, 5.74) is 2.42. The largest absolute Gasteiger partial charge is 0.292 e. The van der Waals surface area contributed by atoms with Gasteiger partial charge in [0, 0.05) is 22.4 Å². The fraction of sp³-hybridized carbons (Fsp3) is 0.240. The first-order valence-corrected chi connectivity index (χ1v) is 11.1. The Morgan fingerprint density at radius 1 is 1.13 bits per heavy atom. The second-order valence-corrected chi connectivity index (χ2v) is 8.84. The van der Waals surface area contributed by atoms with Crippen LogP contribution in [0.4, 0.5) is 4.39 Å². The van der Waals surface area contributed by atoms with E-state index in [9.17, 15) is 14.0 Å². The highest BCUT2D eigenvalue weighted by Gasteiger charge is 2.21. The molecule has 2 heterocycles. The molecule has 0 aliphatic heterocycles. The Balaban J connectivity index is 1.88. The van der Waals surface area contributed by atoms with E-state index in [1.54, 1.807) is 6.92 Å². The van der Waals surface area contributed by atoms with Crippen molar-refractivity contribution in [1.29, 1.82) is 0 Å². The first-order valence-electron chi connectivity index (χ1n) is 10.3. The van der Waals surface area contributed by atoms with Crippen LogP contribution in [0, 0.1) is 19.7 Å². The third-order valence-corrected chi connectivity index (χ3v) is 6.38. The molecule has 0 unspecified atom stereocenters. The second kappa shape index (κ2) is 8.55. The summed E-state index contributed by atoms with van der Waals surface area (Å²) in [4.78, 5) is 33.1. The van der Waals surface area contributed by atoms with Crippen molar-refractivity contribution in [3.8, 4) is 11.1 Å². The summed E-state index contributed by atoms with van der Waals surface area (Å²) in [6, 6.07) is 14.0. The lowest BCUT2D eigenvalue weighted by molar-refractivity contribution is 0.0969. The molecular weight excluding hydrogens is 411 g/mol. The SMILES string of the molecule is CCCc1nc2sc(C)c(-c3ccccc3)c2c(=O)n1CC(=O)c1ccc(F)c(C)c1. The predicted octanol–water partition coefficient (Wildman–Crippen LogP) is 5.72. The lowest BCUT2D eigenvalue weighted by Crippen LogP contribution is -2.28. The van der Waals surface area contributed by atoms with Crippen LogP contribution in [0.15, 0.2) is 53.3 Å². The first kappa shape index (κ1) is 21.1. The predicted molar refractivity (Wildman–Crippen MR) is 124 cm³/mol. The molecule has 0 saturated heterocycles. The minimum absolute atomic E-state index is 0.120. The van der Waals surface area contributed by atoms with Crippen LogP contribution in [0.3, 0.4) is 0 Å². The fourth-order valence-corrected chi connectivity index (χ4v) is 4.87. The zero-order valence-electron chi connectivity index (χ0n) is 17.7. The average Bonchev–Trinajstić information content (AvgIpc) is 3.09. The van der Waals surface area contributed by atoms with Gasteiger partial charge in [-0.25, -0.2) is 9.37 Å². The second-order valence-electron chi connectivity index (χ2n) is 7.64. The molecule has 2 aromatic carbocycles. The summed E-state index contributed by atoms with van der Waals surface area (Å²) in [5, 5.41) is 0.552. The summed E-state index contributed by atoms with van der Waals surface area (Å²) in [5.74, 6) is 0.00897. The third kappa shape index (κ3) is 3.95. The zero-order chi connectivity index (χ0) is 22.1. The Bertz CT molecular complexity index is 1340. The van der Waals surface area contributed by atoms with Crippen LogP contribution in [-0.2, 0) is 13.0 Å². The first-order chi connectivity index (χ1) is 14.9. The number of benzene rings is 2. The summed E-state index contributed by atoms with van der Waals surface area (Å²) in [7, 11) is 0. The highest BCUT2D eigenvalue weighted by atomic mass is 32.1. The van der Waals surface area contributed by atoms with Crippen LogP contribution in [0.2, 0.25) is 0 Å². The Hall–Kier alpha value is -3.12. The van der Waals surface area contributed by atoms with Gasteiger partial charge in [-0.05, 0) is 49.6 Å². The Morgan fingerprint density at radius 2 is 1.87 bits per heavy atom. The molecule has 4 aromatic rings. The van der Waals surface area contributed by atoms with Gasteiger partial charge in [-0.3, -0.25) is 14.2 Å². The number of carbonyl (C=O) groups excluding carboxylic acids is 1. The number of carbonyl (C=O) groups is 1. The van der Waals surface area contributed by atoms with Gasteiger partial charge in [-0.2, -0.15) is 0 Å². The van der Waals surface area contributed by atoms with Gasteiger partial charge in [0.2, 0.25) is 0 Å². The van der Waals surface area contributed by atoms with Gasteiger partial charge in [0.15, 0.2) is 5.78 Å². The highest BCUT2D eigenvalue weighted by Crippen LogP contribution is 2.35. The summed E-state index contributed by atoms with van der Waals surface area (Å²) >= 11 is 1.50. The Labute approximate surface area is 184 Å². The number of thiophene rings is 1. The van der Waals surface area contributed by atoms with E-state index >= 15 is 0 Å². The van der Waals surface area contributed by atoms with Gasteiger partial charge in [0.05, 0.1) is 11.9 Å². The van der Waals surface area contributed by atoms with Crippen molar-refractivity contribution >= 4 is 27.3 Å². The molecule has 0 aliphatic carbocycles. The van der Waals surface area contributed by atoms with Crippen LogP contribution in [0.1, 0.15) is 40.0 Å². The smallest absolute Gasteiger partial charge is 0.263 e. The number of halogens is 1. The maximum absolute atomic E-state index is 13.6. The van der Waals surface area contributed by atoms with Crippen molar-refractivity contribution in [1.82, 2.24) is 9.55 Å². The van der Waals surface area contributed by atoms with Crippen LogP contribution in [0.5, 0.6) is 0 Å². The minimum atomic E-state index is -0.357. The molecule has 158 valence electrons.